The number of benzene rings is 1. The summed E-state index contributed by atoms with van der Waals surface area (Å²) in [7, 11) is 0. The van der Waals surface area contributed by atoms with E-state index in [9.17, 15) is 5.11 Å². The van der Waals surface area contributed by atoms with Crippen molar-refractivity contribution in [3.8, 4) is 0 Å². The summed E-state index contributed by atoms with van der Waals surface area (Å²) in [6.45, 7) is 4.74. The first-order chi connectivity index (χ1) is 9.38. The summed E-state index contributed by atoms with van der Waals surface area (Å²) in [4.78, 5) is 2.55. The topological polar surface area (TPSA) is 28.4 Å². The van der Waals surface area contributed by atoms with Gasteiger partial charge in [-0.25, -0.2) is 0 Å². The van der Waals surface area contributed by atoms with Crippen LogP contribution in [0.1, 0.15) is 24.8 Å². The van der Waals surface area contributed by atoms with Gasteiger partial charge in [0.15, 0.2) is 0 Å². The van der Waals surface area contributed by atoms with E-state index in [1.54, 1.807) is 0 Å². The molecule has 0 saturated carbocycles. The molecule has 2 heterocycles. The van der Waals surface area contributed by atoms with Crippen LogP contribution in [0.5, 0.6) is 0 Å². The highest BCUT2D eigenvalue weighted by Crippen LogP contribution is 2.21. The standard InChI is InChI=1S/C16H22N2O/c19-13-14-12-18(16-7-3-2-6-15(14)16)11-10-17-8-4-1-5-9-17/h2-3,6-7,12,19H,1,4-5,8-11,13H2. The fraction of sp³-hybridized carbons (Fsp3) is 0.500. The second-order valence-electron chi connectivity index (χ2n) is 5.43. The fourth-order valence-electron chi connectivity index (χ4n) is 3.07. The van der Waals surface area contributed by atoms with Crippen LogP contribution in [0.3, 0.4) is 0 Å². The molecule has 0 amide bonds. The van der Waals surface area contributed by atoms with Gasteiger partial charge in [-0.1, -0.05) is 24.6 Å². The Labute approximate surface area is 114 Å². The zero-order valence-corrected chi connectivity index (χ0v) is 11.4. The highest BCUT2D eigenvalue weighted by atomic mass is 16.3. The van der Waals surface area contributed by atoms with Crippen LogP contribution < -0.4 is 0 Å². The van der Waals surface area contributed by atoms with E-state index < -0.39 is 0 Å². The van der Waals surface area contributed by atoms with E-state index in [0.717, 1.165) is 18.7 Å². The summed E-state index contributed by atoms with van der Waals surface area (Å²) in [5.41, 5.74) is 2.28. The minimum absolute atomic E-state index is 0.122. The van der Waals surface area contributed by atoms with Crippen molar-refractivity contribution in [2.75, 3.05) is 19.6 Å². The van der Waals surface area contributed by atoms with Crippen molar-refractivity contribution < 1.29 is 5.11 Å². The van der Waals surface area contributed by atoms with Gasteiger partial charge < -0.3 is 14.6 Å². The van der Waals surface area contributed by atoms with Crippen LogP contribution in [0, 0.1) is 0 Å². The monoisotopic (exact) mass is 258 g/mol. The number of hydrogen-bond acceptors (Lipinski definition) is 2. The van der Waals surface area contributed by atoms with Crippen molar-refractivity contribution in [3.63, 3.8) is 0 Å². The zero-order chi connectivity index (χ0) is 13.1. The number of aromatic nitrogens is 1. The lowest BCUT2D eigenvalue weighted by Crippen LogP contribution is -2.32. The van der Waals surface area contributed by atoms with Gasteiger partial charge in [-0.2, -0.15) is 0 Å². The SMILES string of the molecule is OCc1cn(CCN2CCCCC2)c2ccccc12. The molecule has 1 aromatic carbocycles. The van der Waals surface area contributed by atoms with Gasteiger partial charge in [0.1, 0.15) is 0 Å². The van der Waals surface area contributed by atoms with Crippen molar-refractivity contribution in [2.45, 2.75) is 32.4 Å². The quantitative estimate of drug-likeness (QED) is 0.913. The lowest BCUT2D eigenvalue weighted by atomic mass is 10.1. The molecule has 1 aliphatic heterocycles. The van der Waals surface area contributed by atoms with E-state index in [4.69, 9.17) is 0 Å². The van der Waals surface area contributed by atoms with Gasteiger partial charge in [0, 0.05) is 35.8 Å². The molecule has 1 fully saturated rings. The average molecular weight is 258 g/mol. The van der Waals surface area contributed by atoms with Gasteiger partial charge >= 0.3 is 0 Å². The van der Waals surface area contributed by atoms with Crippen molar-refractivity contribution in [2.24, 2.45) is 0 Å². The highest BCUT2D eigenvalue weighted by Gasteiger charge is 2.11. The second-order valence-corrected chi connectivity index (χ2v) is 5.43. The molecule has 0 radical (unpaired) electrons. The number of aliphatic hydroxyl groups is 1. The lowest BCUT2D eigenvalue weighted by molar-refractivity contribution is 0.221. The summed E-state index contributed by atoms with van der Waals surface area (Å²) in [5, 5.41) is 10.6. The lowest BCUT2D eigenvalue weighted by Gasteiger charge is -2.26. The third kappa shape index (κ3) is 2.67. The zero-order valence-electron chi connectivity index (χ0n) is 11.4. The first-order valence-electron chi connectivity index (χ1n) is 7.28. The maximum atomic E-state index is 9.44. The maximum Gasteiger partial charge on any atom is 0.0702 e. The average Bonchev–Trinajstić information content (AvgIpc) is 2.84. The third-order valence-electron chi connectivity index (χ3n) is 4.15. The Morgan fingerprint density at radius 2 is 1.79 bits per heavy atom. The molecular weight excluding hydrogens is 236 g/mol. The Morgan fingerprint density at radius 3 is 2.58 bits per heavy atom. The van der Waals surface area contributed by atoms with Gasteiger partial charge in [-0.15, -0.1) is 0 Å². The van der Waals surface area contributed by atoms with E-state index in [0.29, 0.717) is 0 Å². The molecule has 1 saturated heterocycles. The summed E-state index contributed by atoms with van der Waals surface area (Å²) in [6, 6.07) is 8.35. The van der Waals surface area contributed by atoms with Gasteiger partial charge in [-0.3, -0.25) is 0 Å². The highest BCUT2D eigenvalue weighted by molar-refractivity contribution is 5.83. The van der Waals surface area contributed by atoms with Gasteiger partial charge in [-0.05, 0) is 32.0 Å². The number of piperidine rings is 1. The molecule has 0 unspecified atom stereocenters. The molecule has 0 spiro atoms. The first kappa shape index (κ1) is 12.7. The number of para-hydroxylation sites is 1. The van der Waals surface area contributed by atoms with E-state index in [2.05, 4.69) is 33.9 Å². The Bertz CT molecular complexity index is 541. The van der Waals surface area contributed by atoms with Crippen molar-refractivity contribution >= 4 is 10.9 Å². The summed E-state index contributed by atoms with van der Waals surface area (Å²) in [6.07, 6.45) is 6.18. The summed E-state index contributed by atoms with van der Waals surface area (Å²) in [5.74, 6) is 0. The van der Waals surface area contributed by atoms with E-state index >= 15 is 0 Å². The van der Waals surface area contributed by atoms with Gasteiger partial charge in [0.05, 0.1) is 6.61 Å². The van der Waals surface area contributed by atoms with E-state index in [1.165, 1.54) is 43.3 Å². The molecule has 2 aromatic rings. The number of hydrogen-bond donors (Lipinski definition) is 1. The number of nitrogens with zero attached hydrogens (tertiary/aromatic N) is 2. The molecule has 1 aliphatic rings. The van der Waals surface area contributed by atoms with Crippen LogP contribution in [-0.2, 0) is 13.2 Å². The molecule has 0 atom stereocenters. The third-order valence-corrected chi connectivity index (χ3v) is 4.15. The van der Waals surface area contributed by atoms with Crippen LogP contribution in [0.4, 0.5) is 0 Å². The van der Waals surface area contributed by atoms with Crippen LogP contribution >= 0.6 is 0 Å². The largest absolute Gasteiger partial charge is 0.392 e. The van der Waals surface area contributed by atoms with E-state index in [-0.39, 0.29) is 6.61 Å². The molecule has 1 N–H and O–H groups in total. The number of aliphatic hydroxyl groups excluding tert-OH is 1. The molecule has 3 nitrogen and oxygen atoms in total. The van der Waals surface area contributed by atoms with Crippen LogP contribution in [0.15, 0.2) is 30.5 Å². The molecular formula is C16H22N2O. The van der Waals surface area contributed by atoms with Gasteiger partial charge in [0.25, 0.3) is 0 Å². The number of fused-ring (bicyclic) bond motifs is 1. The Balaban J connectivity index is 1.76. The molecule has 0 bridgehead atoms. The van der Waals surface area contributed by atoms with Crippen molar-refractivity contribution in [3.05, 3.63) is 36.0 Å². The van der Waals surface area contributed by atoms with Crippen molar-refractivity contribution in [1.82, 2.24) is 9.47 Å². The Kier molecular flexibility index (Phi) is 3.85. The minimum Gasteiger partial charge on any atom is -0.392 e. The minimum atomic E-state index is 0.122. The normalized spacial score (nSPS) is 17.1. The molecule has 19 heavy (non-hydrogen) atoms. The van der Waals surface area contributed by atoms with Crippen LogP contribution in [0.25, 0.3) is 10.9 Å². The maximum absolute atomic E-state index is 9.44. The second kappa shape index (κ2) is 5.76. The van der Waals surface area contributed by atoms with Crippen molar-refractivity contribution in [1.29, 1.82) is 0 Å². The van der Waals surface area contributed by atoms with E-state index in [1.807, 2.05) is 6.07 Å². The molecule has 3 heteroatoms. The Hall–Kier alpha value is -1.32. The molecule has 3 rings (SSSR count). The summed E-state index contributed by atoms with van der Waals surface area (Å²) < 4.78 is 2.29. The fourth-order valence-corrected chi connectivity index (χ4v) is 3.07. The molecule has 1 aromatic heterocycles. The van der Waals surface area contributed by atoms with Gasteiger partial charge in [0.2, 0.25) is 0 Å². The molecule has 102 valence electrons. The Morgan fingerprint density at radius 1 is 1.00 bits per heavy atom. The predicted octanol–water partition coefficient (Wildman–Crippen LogP) is 2.62. The van der Waals surface area contributed by atoms with Crippen LogP contribution in [-0.4, -0.2) is 34.2 Å². The number of rotatable bonds is 4. The van der Waals surface area contributed by atoms with Crippen LogP contribution in [0.2, 0.25) is 0 Å². The smallest absolute Gasteiger partial charge is 0.0702 e. The molecule has 0 aliphatic carbocycles. The predicted molar refractivity (Wildman–Crippen MR) is 78.2 cm³/mol. The first-order valence-corrected chi connectivity index (χ1v) is 7.28. The summed E-state index contributed by atoms with van der Waals surface area (Å²) >= 11 is 0. The number of likely N-dealkylation sites (tertiary alicyclic amines) is 1.